The lowest BCUT2D eigenvalue weighted by Gasteiger charge is -2.07. The summed E-state index contributed by atoms with van der Waals surface area (Å²) < 4.78 is 0.896. The monoisotopic (exact) mass is 321 g/mol. The maximum absolute atomic E-state index is 8.79. The van der Waals surface area contributed by atoms with Crippen LogP contribution in [0.1, 0.15) is 23.2 Å². The highest BCUT2D eigenvalue weighted by atomic mass is 79.9. The van der Waals surface area contributed by atoms with Gasteiger partial charge in [-0.2, -0.15) is 5.26 Å². The van der Waals surface area contributed by atoms with Gasteiger partial charge in [0.05, 0.1) is 28.9 Å². The molecule has 1 aromatic carbocycles. The van der Waals surface area contributed by atoms with Gasteiger partial charge in [0.2, 0.25) is 0 Å². The lowest BCUT2D eigenvalue weighted by atomic mass is 10.2. The molecule has 0 bridgehead atoms. The van der Waals surface area contributed by atoms with Crippen molar-refractivity contribution in [2.75, 3.05) is 5.32 Å². The number of hydrogen-bond acceptors (Lipinski definition) is 4. The van der Waals surface area contributed by atoms with Crippen LogP contribution < -0.4 is 5.32 Å². The van der Waals surface area contributed by atoms with Crippen LogP contribution in [0.4, 0.5) is 5.69 Å². The summed E-state index contributed by atoms with van der Waals surface area (Å²) in [6.07, 6.45) is 0.977. The van der Waals surface area contributed by atoms with Crippen molar-refractivity contribution in [2.45, 2.75) is 19.9 Å². The lowest BCUT2D eigenvalue weighted by Crippen LogP contribution is -2.00. The topological polar surface area (TPSA) is 48.7 Å². The number of nitrogens with one attached hydrogen (secondary N) is 1. The van der Waals surface area contributed by atoms with Gasteiger partial charge in [0.25, 0.3) is 0 Å². The van der Waals surface area contributed by atoms with E-state index < -0.39 is 0 Å². The van der Waals surface area contributed by atoms with Crippen molar-refractivity contribution >= 4 is 33.0 Å². The first kappa shape index (κ1) is 13.1. The van der Waals surface area contributed by atoms with Gasteiger partial charge in [0.15, 0.2) is 0 Å². The third-order valence-corrected chi connectivity index (χ3v) is 4.16. The van der Waals surface area contributed by atoms with E-state index in [1.165, 1.54) is 0 Å². The quantitative estimate of drug-likeness (QED) is 0.927. The third kappa shape index (κ3) is 3.09. The Labute approximate surface area is 119 Å². The van der Waals surface area contributed by atoms with E-state index in [2.05, 4.69) is 44.6 Å². The molecular weight excluding hydrogens is 310 g/mol. The Morgan fingerprint density at radius 2 is 2.33 bits per heavy atom. The number of nitrogens with zero attached hydrogens (tertiary/aromatic N) is 2. The van der Waals surface area contributed by atoms with Crippen LogP contribution in [-0.2, 0) is 13.0 Å². The van der Waals surface area contributed by atoms with Crippen LogP contribution >= 0.6 is 27.3 Å². The summed E-state index contributed by atoms with van der Waals surface area (Å²) >= 11 is 5.14. The van der Waals surface area contributed by atoms with E-state index in [1.807, 2.05) is 6.07 Å². The predicted molar refractivity (Wildman–Crippen MR) is 77.7 cm³/mol. The van der Waals surface area contributed by atoms with Crippen molar-refractivity contribution in [3.05, 3.63) is 44.3 Å². The Kier molecular flexibility index (Phi) is 4.34. The fourth-order valence-corrected chi connectivity index (χ4v) is 2.77. The van der Waals surface area contributed by atoms with Gasteiger partial charge in [0, 0.05) is 15.5 Å². The number of hydrogen-bond donors (Lipinski definition) is 1. The molecule has 3 nitrogen and oxygen atoms in total. The largest absolute Gasteiger partial charge is 0.378 e. The fourth-order valence-electron chi connectivity index (χ4n) is 1.51. The first-order valence-electron chi connectivity index (χ1n) is 5.59. The van der Waals surface area contributed by atoms with E-state index in [0.29, 0.717) is 12.1 Å². The normalized spacial score (nSPS) is 10.1. The summed E-state index contributed by atoms with van der Waals surface area (Å²) in [4.78, 5) is 4.50. The number of thiazole rings is 1. The number of benzene rings is 1. The van der Waals surface area contributed by atoms with Crippen molar-refractivity contribution in [2.24, 2.45) is 0 Å². The minimum absolute atomic E-state index is 0.648. The van der Waals surface area contributed by atoms with Gasteiger partial charge in [-0.05, 0) is 40.5 Å². The molecule has 2 aromatic rings. The Balaban J connectivity index is 2.04. The fraction of sp³-hybridized carbons (Fsp3) is 0.231. The van der Waals surface area contributed by atoms with E-state index >= 15 is 0 Å². The van der Waals surface area contributed by atoms with Gasteiger partial charge in [-0.25, -0.2) is 4.98 Å². The van der Waals surface area contributed by atoms with Crippen molar-refractivity contribution in [1.29, 1.82) is 5.26 Å². The molecule has 0 radical (unpaired) electrons. The summed E-state index contributed by atoms with van der Waals surface area (Å²) in [5.74, 6) is 0. The second-order valence-electron chi connectivity index (χ2n) is 3.75. The summed E-state index contributed by atoms with van der Waals surface area (Å²) in [5.41, 5.74) is 2.67. The Hall–Kier alpha value is -1.38. The predicted octanol–water partition coefficient (Wildman–Crippen LogP) is 3.95. The molecule has 0 aliphatic rings. The lowest BCUT2D eigenvalue weighted by molar-refractivity contribution is 1.01. The zero-order valence-corrected chi connectivity index (χ0v) is 12.3. The smallest absolute Gasteiger partial charge is 0.0992 e. The third-order valence-electron chi connectivity index (χ3n) is 2.46. The number of rotatable bonds is 4. The average Bonchev–Trinajstić information content (AvgIpc) is 2.85. The number of aromatic nitrogens is 1. The molecule has 0 unspecified atom stereocenters. The number of anilines is 1. The maximum Gasteiger partial charge on any atom is 0.0992 e. The van der Waals surface area contributed by atoms with E-state index in [4.69, 9.17) is 5.26 Å². The molecule has 92 valence electrons. The first-order chi connectivity index (χ1) is 8.72. The molecule has 0 fully saturated rings. The van der Waals surface area contributed by atoms with Crippen LogP contribution in [0.3, 0.4) is 0 Å². The van der Waals surface area contributed by atoms with Gasteiger partial charge < -0.3 is 5.32 Å². The van der Waals surface area contributed by atoms with E-state index in [0.717, 1.165) is 27.3 Å². The second kappa shape index (κ2) is 5.98. The molecule has 5 heteroatoms. The SMILES string of the molecule is CCc1nc(CNc2ccc(C#N)cc2Br)cs1. The number of aryl methyl sites for hydroxylation is 1. The Morgan fingerprint density at radius 1 is 1.50 bits per heavy atom. The standard InChI is InChI=1S/C13H12BrN3S/c1-2-13-17-10(8-18-13)7-16-12-4-3-9(6-15)5-11(12)14/h3-5,8,16H,2,7H2,1H3. The highest BCUT2D eigenvalue weighted by Crippen LogP contribution is 2.24. The molecule has 1 aromatic heterocycles. The van der Waals surface area contributed by atoms with Crippen LogP contribution in [0.2, 0.25) is 0 Å². The molecule has 18 heavy (non-hydrogen) atoms. The highest BCUT2D eigenvalue weighted by Gasteiger charge is 2.03. The minimum Gasteiger partial charge on any atom is -0.378 e. The zero-order chi connectivity index (χ0) is 13.0. The first-order valence-corrected chi connectivity index (χ1v) is 7.27. The average molecular weight is 322 g/mol. The van der Waals surface area contributed by atoms with E-state index in [9.17, 15) is 0 Å². The highest BCUT2D eigenvalue weighted by molar-refractivity contribution is 9.10. The van der Waals surface area contributed by atoms with Crippen LogP contribution in [0.5, 0.6) is 0 Å². The zero-order valence-electron chi connectivity index (χ0n) is 9.90. The van der Waals surface area contributed by atoms with Gasteiger partial charge in [0.1, 0.15) is 0 Å². The summed E-state index contributed by atoms with van der Waals surface area (Å²) in [6.45, 7) is 2.80. The Morgan fingerprint density at radius 3 is 2.94 bits per heavy atom. The minimum atomic E-state index is 0.648. The summed E-state index contributed by atoms with van der Waals surface area (Å²) in [7, 11) is 0. The maximum atomic E-state index is 8.79. The van der Waals surface area contributed by atoms with Crippen molar-refractivity contribution in [3.8, 4) is 6.07 Å². The second-order valence-corrected chi connectivity index (χ2v) is 5.54. The molecular formula is C13H12BrN3S. The van der Waals surface area contributed by atoms with E-state index in [1.54, 1.807) is 23.5 Å². The van der Waals surface area contributed by atoms with Crippen molar-refractivity contribution < 1.29 is 0 Å². The van der Waals surface area contributed by atoms with Gasteiger partial charge in [-0.1, -0.05) is 6.92 Å². The van der Waals surface area contributed by atoms with Crippen LogP contribution in [0.25, 0.3) is 0 Å². The molecule has 0 saturated heterocycles. The molecule has 0 amide bonds. The molecule has 0 aliphatic carbocycles. The number of nitriles is 1. The van der Waals surface area contributed by atoms with Gasteiger partial charge >= 0.3 is 0 Å². The van der Waals surface area contributed by atoms with E-state index in [-0.39, 0.29) is 0 Å². The molecule has 2 rings (SSSR count). The Bertz CT molecular complexity index is 586. The molecule has 1 heterocycles. The molecule has 1 N–H and O–H groups in total. The number of halogens is 1. The molecule has 0 spiro atoms. The van der Waals surface area contributed by atoms with Crippen LogP contribution in [0.15, 0.2) is 28.1 Å². The van der Waals surface area contributed by atoms with Crippen LogP contribution in [0, 0.1) is 11.3 Å². The van der Waals surface area contributed by atoms with Crippen molar-refractivity contribution in [3.63, 3.8) is 0 Å². The summed E-state index contributed by atoms with van der Waals surface area (Å²) in [5, 5.41) is 15.3. The molecule has 0 saturated carbocycles. The molecule has 0 atom stereocenters. The molecule has 0 aliphatic heterocycles. The van der Waals surface area contributed by atoms with Gasteiger partial charge in [-0.15, -0.1) is 11.3 Å². The van der Waals surface area contributed by atoms with Crippen LogP contribution in [-0.4, -0.2) is 4.98 Å². The van der Waals surface area contributed by atoms with Crippen molar-refractivity contribution in [1.82, 2.24) is 4.98 Å². The summed E-state index contributed by atoms with van der Waals surface area (Å²) in [6, 6.07) is 7.61. The van der Waals surface area contributed by atoms with Gasteiger partial charge in [-0.3, -0.25) is 0 Å².